The van der Waals surface area contributed by atoms with E-state index >= 15 is 0 Å². The largest absolute Gasteiger partial charge is 0.452 e. The van der Waals surface area contributed by atoms with E-state index < -0.39 is 5.97 Å². The highest BCUT2D eigenvalue weighted by Gasteiger charge is 2.17. The van der Waals surface area contributed by atoms with Gasteiger partial charge in [0, 0.05) is 17.2 Å². The normalized spacial score (nSPS) is 10.7. The Morgan fingerprint density at radius 2 is 1.74 bits per heavy atom. The summed E-state index contributed by atoms with van der Waals surface area (Å²) in [6.45, 7) is -0.105. The van der Waals surface area contributed by atoms with Gasteiger partial charge >= 0.3 is 11.9 Å². The van der Waals surface area contributed by atoms with Crippen molar-refractivity contribution in [2.45, 2.75) is 6.61 Å². The molecule has 4 rings (SSSR count). The number of benzene rings is 2. The summed E-state index contributed by atoms with van der Waals surface area (Å²) in [5.74, 6) is -0.265. The minimum Gasteiger partial charge on any atom is -0.452 e. The van der Waals surface area contributed by atoms with Gasteiger partial charge in [0.25, 0.3) is 0 Å². The van der Waals surface area contributed by atoms with E-state index in [-0.39, 0.29) is 18.3 Å². The maximum Gasteiger partial charge on any atom is 0.395 e. The van der Waals surface area contributed by atoms with Crippen LogP contribution in [-0.4, -0.2) is 16.1 Å². The highest BCUT2D eigenvalue weighted by molar-refractivity contribution is 5.84. The summed E-state index contributed by atoms with van der Waals surface area (Å²) in [4.78, 5) is 16.0. The van der Waals surface area contributed by atoms with Crippen LogP contribution in [0.3, 0.4) is 0 Å². The predicted octanol–water partition coefficient (Wildman–Crippen LogP) is 4.49. The van der Waals surface area contributed by atoms with Gasteiger partial charge in [0.1, 0.15) is 18.1 Å². The average molecular weight is 364 g/mol. The van der Waals surface area contributed by atoms with Crippen molar-refractivity contribution in [3.63, 3.8) is 0 Å². The Kier molecular flexibility index (Phi) is 4.49. The Balaban J connectivity index is 1.40. The number of hydrogen-bond acceptors (Lipinski definition) is 6. The van der Waals surface area contributed by atoms with Crippen molar-refractivity contribution in [2.24, 2.45) is 0 Å². The second-order valence-corrected chi connectivity index (χ2v) is 5.66. The van der Waals surface area contributed by atoms with E-state index in [4.69, 9.17) is 13.7 Å². The van der Waals surface area contributed by atoms with Crippen molar-refractivity contribution in [3.8, 4) is 22.6 Å². The van der Waals surface area contributed by atoms with Crippen molar-refractivity contribution in [1.82, 2.24) is 10.1 Å². The van der Waals surface area contributed by atoms with Crippen LogP contribution in [0, 0.1) is 5.82 Å². The quantitative estimate of drug-likeness (QED) is 0.486. The van der Waals surface area contributed by atoms with Gasteiger partial charge < -0.3 is 13.7 Å². The average Bonchev–Trinajstić information content (AvgIpc) is 3.37. The molecule has 0 atom stereocenters. The molecule has 0 unspecified atom stereocenters. The van der Waals surface area contributed by atoms with Crippen molar-refractivity contribution >= 4 is 5.97 Å². The summed E-state index contributed by atoms with van der Waals surface area (Å²) in [6.07, 6.45) is 1.47. The van der Waals surface area contributed by atoms with Crippen LogP contribution in [0.5, 0.6) is 0 Å². The molecule has 7 heteroatoms. The van der Waals surface area contributed by atoms with Crippen LogP contribution in [0.4, 0.5) is 4.39 Å². The van der Waals surface area contributed by atoms with Gasteiger partial charge in [-0.2, -0.15) is 0 Å². The van der Waals surface area contributed by atoms with Gasteiger partial charge in [-0.3, -0.25) is 0 Å². The predicted molar refractivity (Wildman–Crippen MR) is 93.0 cm³/mol. The number of aromatic nitrogens is 2. The molecule has 4 aromatic rings. The second kappa shape index (κ2) is 7.25. The lowest BCUT2D eigenvalue weighted by molar-refractivity contribution is 0.0419. The van der Waals surface area contributed by atoms with Gasteiger partial charge in [0.15, 0.2) is 11.5 Å². The zero-order chi connectivity index (χ0) is 18.6. The number of nitrogens with zero attached hydrogens (tertiary/aromatic N) is 2. The molecule has 0 spiro atoms. The van der Waals surface area contributed by atoms with E-state index in [1.54, 1.807) is 18.2 Å². The standard InChI is InChI=1S/C20H13FN2O4/c21-15-8-6-14(7-9-15)17-10-16(23-27-17)12-25-20(24)19-22-11-18(26-19)13-4-2-1-3-5-13/h1-11H,12H2. The highest BCUT2D eigenvalue weighted by Crippen LogP contribution is 2.22. The topological polar surface area (TPSA) is 78.4 Å². The first-order valence-corrected chi connectivity index (χ1v) is 8.09. The Labute approximate surface area is 153 Å². The van der Waals surface area contributed by atoms with Crippen molar-refractivity contribution < 1.29 is 22.9 Å². The molecule has 6 nitrogen and oxygen atoms in total. The van der Waals surface area contributed by atoms with E-state index in [1.165, 1.54) is 18.3 Å². The highest BCUT2D eigenvalue weighted by atomic mass is 19.1. The van der Waals surface area contributed by atoms with Crippen molar-refractivity contribution in [3.05, 3.63) is 84.3 Å². The third-order valence-electron chi connectivity index (χ3n) is 3.78. The van der Waals surface area contributed by atoms with Crippen LogP contribution < -0.4 is 0 Å². The van der Waals surface area contributed by atoms with Gasteiger partial charge in [-0.05, 0) is 24.3 Å². The van der Waals surface area contributed by atoms with E-state index in [1.807, 2.05) is 30.3 Å². The van der Waals surface area contributed by atoms with E-state index in [9.17, 15) is 9.18 Å². The van der Waals surface area contributed by atoms with Crippen molar-refractivity contribution in [1.29, 1.82) is 0 Å². The number of carbonyl (C=O) groups excluding carboxylic acids is 1. The van der Waals surface area contributed by atoms with Gasteiger partial charge in [0.05, 0.1) is 6.20 Å². The smallest absolute Gasteiger partial charge is 0.395 e. The van der Waals surface area contributed by atoms with Crippen LogP contribution in [0.15, 0.2) is 75.8 Å². The first kappa shape index (κ1) is 16.7. The summed E-state index contributed by atoms with van der Waals surface area (Å²) in [5, 5.41) is 3.84. The number of oxazole rings is 1. The van der Waals surface area contributed by atoms with Gasteiger partial charge in [0.2, 0.25) is 0 Å². The number of rotatable bonds is 5. The number of ether oxygens (including phenoxy) is 1. The monoisotopic (exact) mass is 364 g/mol. The van der Waals surface area contributed by atoms with Crippen LogP contribution in [0.2, 0.25) is 0 Å². The Morgan fingerprint density at radius 3 is 2.52 bits per heavy atom. The molecule has 0 aliphatic carbocycles. The Morgan fingerprint density at radius 1 is 1.00 bits per heavy atom. The fourth-order valence-corrected chi connectivity index (χ4v) is 2.44. The molecular formula is C20H13FN2O4. The lowest BCUT2D eigenvalue weighted by atomic mass is 10.1. The number of esters is 1. The zero-order valence-electron chi connectivity index (χ0n) is 14.0. The third-order valence-corrected chi connectivity index (χ3v) is 3.78. The Hall–Kier alpha value is -3.74. The molecule has 2 aromatic carbocycles. The minimum absolute atomic E-state index is 0.105. The number of halogens is 1. The summed E-state index contributed by atoms with van der Waals surface area (Å²) < 4.78 is 28.8. The molecule has 2 heterocycles. The van der Waals surface area contributed by atoms with E-state index in [0.717, 1.165) is 5.56 Å². The summed E-state index contributed by atoms with van der Waals surface area (Å²) >= 11 is 0. The van der Waals surface area contributed by atoms with Crippen LogP contribution >= 0.6 is 0 Å². The lowest BCUT2D eigenvalue weighted by Gasteiger charge is -1.98. The molecule has 2 aromatic heterocycles. The number of hydrogen-bond donors (Lipinski definition) is 0. The SMILES string of the molecule is O=C(OCc1cc(-c2ccc(F)cc2)on1)c1ncc(-c2ccccc2)o1. The van der Waals surface area contributed by atoms with Gasteiger partial charge in [-0.1, -0.05) is 35.5 Å². The van der Waals surface area contributed by atoms with Crippen molar-refractivity contribution in [2.75, 3.05) is 0 Å². The maximum absolute atomic E-state index is 13.0. The molecule has 0 N–H and O–H groups in total. The summed E-state index contributed by atoms with van der Waals surface area (Å²) in [5.41, 5.74) is 1.89. The van der Waals surface area contributed by atoms with Gasteiger partial charge in [-0.15, -0.1) is 0 Å². The first-order chi connectivity index (χ1) is 13.2. The summed E-state index contributed by atoms with van der Waals surface area (Å²) in [7, 11) is 0. The molecular weight excluding hydrogens is 351 g/mol. The molecule has 0 saturated heterocycles. The molecule has 0 bridgehead atoms. The van der Waals surface area contributed by atoms with Gasteiger partial charge in [-0.25, -0.2) is 14.2 Å². The number of carbonyl (C=O) groups is 1. The third kappa shape index (κ3) is 3.77. The molecule has 134 valence electrons. The molecule has 27 heavy (non-hydrogen) atoms. The Bertz CT molecular complexity index is 1060. The molecule has 0 fully saturated rings. The second-order valence-electron chi connectivity index (χ2n) is 5.66. The fourth-order valence-electron chi connectivity index (χ4n) is 2.44. The molecule has 0 aliphatic heterocycles. The van der Waals surface area contributed by atoms with E-state index in [0.29, 0.717) is 22.8 Å². The molecule has 0 saturated carbocycles. The van der Waals surface area contributed by atoms with E-state index in [2.05, 4.69) is 10.1 Å². The lowest BCUT2D eigenvalue weighted by Crippen LogP contribution is -2.05. The zero-order valence-corrected chi connectivity index (χ0v) is 14.0. The van der Waals surface area contributed by atoms with Crippen LogP contribution in [0.25, 0.3) is 22.6 Å². The fraction of sp³-hybridized carbons (Fsp3) is 0.0500. The molecule has 0 radical (unpaired) electrons. The summed E-state index contributed by atoms with van der Waals surface area (Å²) in [6, 6.07) is 16.7. The molecule has 0 amide bonds. The molecule has 0 aliphatic rings. The van der Waals surface area contributed by atoms with Crippen LogP contribution in [-0.2, 0) is 11.3 Å². The van der Waals surface area contributed by atoms with Crippen LogP contribution in [0.1, 0.15) is 16.4 Å². The maximum atomic E-state index is 13.0. The first-order valence-electron chi connectivity index (χ1n) is 8.09. The minimum atomic E-state index is -0.705.